The first-order valence-electron chi connectivity index (χ1n) is 5.92. The molecule has 1 atom stereocenters. The first kappa shape index (κ1) is 13.7. The van der Waals surface area contributed by atoms with Gasteiger partial charge in [0.05, 0.1) is 5.02 Å². The Morgan fingerprint density at radius 1 is 1.33 bits per heavy atom. The first-order chi connectivity index (χ1) is 8.41. The number of hydrogen-bond donors (Lipinski definition) is 0. The van der Waals surface area contributed by atoms with E-state index in [0.29, 0.717) is 15.9 Å². The van der Waals surface area contributed by atoms with Crippen LogP contribution in [-0.4, -0.2) is 53.0 Å². The number of nitrogens with zero attached hydrogens (tertiary/aromatic N) is 3. The van der Waals surface area contributed by atoms with E-state index in [1.807, 2.05) is 4.90 Å². The van der Waals surface area contributed by atoms with Gasteiger partial charge in [0.15, 0.2) is 0 Å². The predicted octanol–water partition coefficient (Wildman–Crippen LogP) is 2.11. The zero-order valence-electron chi connectivity index (χ0n) is 10.8. The summed E-state index contributed by atoms with van der Waals surface area (Å²) >= 11 is 11.9. The summed E-state index contributed by atoms with van der Waals surface area (Å²) in [6.45, 7) is 4.57. The van der Waals surface area contributed by atoms with Gasteiger partial charge in [0.25, 0.3) is 5.91 Å². The smallest absolute Gasteiger partial charge is 0.270 e. The van der Waals surface area contributed by atoms with Crippen molar-refractivity contribution in [2.45, 2.75) is 13.0 Å². The molecular formula is C12H17Cl2N3O. The molecule has 0 unspecified atom stereocenters. The number of carbonyl (C=O) groups excluding carboxylic acids is 1. The maximum Gasteiger partial charge on any atom is 0.270 e. The van der Waals surface area contributed by atoms with Crippen molar-refractivity contribution >= 4 is 29.1 Å². The van der Waals surface area contributed by atoms with Crippen molar-refractivity contribution in [3.05, 3.63) is 21.9 Å². The normalized spacial score (nSPS) is 21.4. The van der Waals surface area contributed by atoms with E-state index in [0.717, 1.165) is 19.6 Å². The van der Waals surface area contributed by atoms with Gasteiger partial charge >= 0.3 is 0 Å². The van der Waals surface area contributed by atoms with Crippen LogP contribution in [0, 0.1) is 0 Å². The minimum absolute atomic E-state index is 0.00750. The van der Waals surface area contributed by atoms with Crippen molar-refractivity contribution in [1.29, 1.82) is 0 Å². The van der Waals surface area contributed by atoms with Crippen molar-refractivity contribution in [1.82, 2.24) is 14.4 Å². The third kappa shape index (κ3) is 2.37. The highest BCUT2D eigenvalue weighted by molar-refractivity contribution is 6.41. The zero-order chi connectivity index (χ0) is 13.4. The highest BCUT2D eigenvalue weighted by Gasteiger charge is 2.28. The van der Waals surface area contributed by atoms with Gasteiger partial charge in [-0.1, -0.05) is 23.2 Å². The summed E-state index contributed by atoms with van der Waals surface area (Å²) in [6, 6.07) is 1.83. The van der Waals surface area contributed by atoms with Gasteiger partial charge in [-0.3, -0.25) is 4.79 Å². The molecule has 0 bridgehead atoms. The Hall–Kier alpha value is -0.710. The fourth-order valence-corrected chi connectivity index (χ4v) is 2.71. The van der Waals surface area contributed by atoms with Gasteiger partial charge in [0.1, 0.15) is 10.8 Å². The van der Waals surface area contributed by atoms with E-state index in [2.05, 4.69) is 18.9 Å². The molecular weight excluding hydrogens is 273 g/mol. The second-order valence-electron chi connectivity index (χ2n) is 4.84. The van der Waals surface area contributed by atoms with E-state index in [1.54, 1.807) is 17.7 Å². The summed E-state index contributed by atoms with van der Waals surface area (Å²) in [5, 5.41) is 0.825. The molecule has 0 spiro atoms. The van der Waals surface area contributed by atoms with Gasteiger partial charge in [-0.05, 0) is 20.0 Å². The monoisotopic (exact) mass is 289 g/mol. The van der Waals surface area contributed by atoms with Crippen LogP contribution in [0.2, 0.25) is 10.2 Å². The molecule has 1 saturated heterocycles. The van der Waals surface area contributed by atoms with E-state index < -0.39 is 0 Å². The SMILES string of the molecule is C[C@H]1CN(C)CCN1C(=O)c1cc(Cl)c(Cl)n1C. The molecule has 0 aliphatic carbocycles. The number of amides is 1. The third-order valence-corrected chi connectivity index (χ3v) is 4.27. The number of aromatic nitrogens is 1. The molecule has 2 heterocycles. The van der Waals surface area contributed by atoms with Crippen molar-refractivity contribution in [2.75, 3.05) is 26.7 Å². The zero-order valence-corrected chi connectivity index (χ0v) is 12.3. The minimum Gasteiger partial charge on any atom is -0.332 e. The highest BCUT2D eigenvalue weighted by atomic mass is 35.5. The maximum absolute atomic E-state index is 12.5. The van der Waals surface area contributed by atoms with Gasteiger partial charge < -0.3 is 14.4 Å². The number of carbonyl (C=O) groups is 1. The molecule has 1 amide bonds. The molecule has 6 heteroatoms. The van der Waals surface area contributed by atoms with Gasteiger partial charge in [-0.15, -0.1) is 0 Å². The largest absolute Gasteiger partial charge is 0.332 e. The van der Waals surface area contributed by atoms with Gasteiger partial charge in [0, 0.05) is 32.7 Å². The van der Waals surface area contributed by atoms with Crippen LogP contribution >= 0.6 is 23.2 Å². The summed E-state index contributed by atoms with van der Waals surface area (Å²) in [5.74, 6) is -0.00750. The molecule has 18 heavy (non-hydrogen) atoms. The van der Waals surface area contributed by atoms with Crippen molar-refractivity contribution in [3.63, 3.8) is 0 Å². The maximum atomic E-state index is 12.5. The number of likely N-dealkylation sites (N-methyl/N-ethyl adjacent to an activating group) is 1. The minimum atomic E-state index is -0.00750. The molecule has 2 rings (SSSR count). The summed E-state index contributed by atoms with van der Waals surface area (Å²) in [4.78, 5) is 16.6. The fraction of sp³-hybridized carbons (Fsp3) is 0.583. The van der Waals surface area contributed by atoms with E-state index in [9.17, 15) is 4.79 Å². The number of hydrogen-bond acceptors (Lipinski definition) is 2. The van der Waals surface area contributed by atoms with E-state index in [1.165, 1.54) is 0 Å². The Labute approximate surface area is 117 Å². The summed E-state index contributed by atoms with van der Waals surface area (Å²) in [6.07, 6.45) is 0. The molecule has 1 aromatic heterocycles. The quantitative estimate of drug-likeness (QED) is 0.792. The topological polar surface area (TPSA) is 28.5 Å². The second-order valence-corrected chi connectivity index (χ2v) is 5.60. The third-order valence-electron chi connectivity index (χ3n) is 3.43. The Bertz CT molecular complexity index is 472. The lowest BCUT2D eigenvalue weighted by atomic mass is 10.2. The number of piperazine rings is 1. The summed E-state index contributed by atoms with van der Waals surface area (Å²) < 4.78 is 1.64. The molecule has 4 nitrogen and oxygen atoms in total. The lowest BCUT2D eigenvalue weighted by molar-refractivity contribution is 0.0524. The Morgan fingerprint density at radius 2 is 2.00 bits per heavy atom. The van der Waals surface area contributed by atoms with Crippen molar-refractivity contribution < 1.29 is 4.79 Å². The van der Waals surface area contributed by atoms with Gasteiger partial charge in [0.2, 0.25) is 0 Å². The number of halogens is 2. The summed E-state index contributed by atoms with van der Waals surface area (Å²) in [7, 11) is 3.82. The van der Waals surface area contributed by atoms with E-state index >= 15 is 0 Å². The Kier molecular flexibility index (Phi) is 3.90. The van der Waals surface area contributed by atoms with Gasteiger partial charge in [-0.25, -0.2) is 0 Å². The average Bonchev–Trinajstić information content (AvgIpc) is 2.56. The van der Waals surface area contributed by atoms with E-state index in [-0.39, 0.29) is 11.9 Å². The average molecular weight is 290 g/mol. The highest BCUT2D eigenvalue weighted by Crippen LogP contribution is 2.26. The second kappa shape index (κ2) is 5.11. The lowest BCUT2D eigenvalue weighted by Gasteiger charge is -2.38. The number of rotatable bonds is 1. The molecule has 0 aromatic carbocycles. The van der Waals surface area contributed by atoms with Crippen LogP contribution in [0.25, 0.3) is 0 Å². The van der Waals surface area contributed by atoms with Crippen LogP contribution in [0.5, 0.6) is 0 Å². The molecule has 0 N–H and O–H groups in total. The summed E-state index contributed by atoms with van der Waals surface area (Å²) in [5.41, 5.74) is 0.543. The van der Waals surface area contributed by atoms with Crippen LogP contribution in [0.15, 0.2) is 6.07 Å². The molecule has 1 fully saturated rings. The van der Waals surface area contributed by atoms with E-state index in [4.69, 9.17) is 23.2 Å². The van der Waals surface area contributed by atoms with Gasteiger partial charge in [-0.2, -0.15) is 0 Å². The van der Waals surface area contributed by atoms with Crippen molar-refractivity contribution in [2.24, 2.45) is 7.05 Å². The van der Waals surface area contributed by atoms with Crippen LogP contribution in [0.1, 0.15) is 17.4 Å². The van der Waals surface area contributed by atoms with Crippen molar-refractivity contribution in [3.8, 4) is 0 Å². The Balaban J connectivity index is 2.23. The predicted molar refractivity (Wildman–Crippen MR) is 73.4 cm³/mol. The fourth-order valence-electron chi connectivity index (χ4n) is 2.34. The molecule has 1 aliphatic rings. The molecule has 1 aliphatic heterocycles. The molecule has 0 saturated carbocycles. The lowest BCUT2D eigenvalue weighted by Crippen LogP contribution is -2.53. The first-order valence-corrected chi connectivity index (χ1v) is 6.67. The van der Waals surface area contributed by atoms with Crippen LogP contribution in [0.4, 0.5) is 0 Å². The van der Waals surface area contributed by atoms with Crippen LogP contribution in [-0.2, 0) is 7.05 Å². The van der Waals surface area contributed by atoms with Crippen LogP contribution < -0.4 is 0 Å². The molecule has 0 radical (unpaired) electrons. The van der Waals surface area contributed by atoms with Crippen LogP contribution in [0.3, 0.4) is 0 Å². The molecule has 1 aromatic rings. The standard InChI is InChI=1S/C12H17Cl2N3O/c1-8-7-15(2)4-5-17(8)12(18)10-6-9(13)11(14)16(10)3/h6,8H,4-5,7H2,1-3H3/t8-/m0/s1. The molecule has 100 valence electrons. The Morgan fingerprint density at radius 3 is 2.50 bits per heavy atom.